The molecule has 0 saturated carbocycles. The Labute approximate surface area is 158 Å². The van der Waals surface area contributed by atoms with Gasteiger partial charge in [0.15, 0.2) is 0 Å². The number of amides is 2. The fourth-order valence-electron chi connectivity index (χ4n) is 3.90. The molecule has 0 spiro atoms. The summed E-state index contributed by atoms with van der Waals surface area (Å²) < 4.78 is 0. The average Bonchev–Trinajstić information content (AvgIpc) is 3.23. The summed E-state index contributed by atoms with van der Waals surface area (Å²) in [6, 6.07) is 11.6. The highest BCUT2D eigenvalue weighted by atomic mass is 35.5. The van der Waals surface area contributed by atoms with Crippen molar-refractivity contribution in [3.63, 3.8) is 0 Å². The number of anilines is 2. The molecule has 1 aliphatic carbocycles. The van der Waals surface area contributed by atoms with Crippen LogP contribution in [0.4, 0.5) is 11.4 Å². The van der Waals surface area contributed by atoms with Crippen LogP contribution >= 0.6 is 11.6 Å². The van der Waals surface area contributed by atoms with Gasteiger partial charge in [0, 0.05) is 29.4 Å². The third-order valence-electron chi connectivity index (χ3n) is 5.39. The quantitative estimate of drug-likeness (QED) is 0.885. The van der Waals surface area contributed by atoms with Gasteiger partial charge in [0.2, 0.25) is 11.8 Å². The van der Waals surface area contributed by atoms with Gasteiger partial charge in [-0.2, -0.15) is 0 Å². The van der Waals surface area contributed by atoms with Crippen molar-refractivity contribution in [1.29, 1.82) is 0 Å². The van der Waals surface area contributed by atoms with Gasteiger partial charge in [-0.1, -0.05) is 23.7 Å². The van der Waals surface area contributed by atoms with Crippen LogP contribution in [0.3, 0.4) is 0 Å². The molecule has 0 radical (unpaired) electrons. The third-order valence-corrected chi connectivity index (χ3v) is 5.80. The van der Waals surface area contributed by atoms with Crippen molar-refractivity contribution < 1.29 is 9.59 Å². The zero-order valence-corrected chi connectivity index (χ0v) is 15.5. The Balaban J connectivity index is 1.48. The van der Waals surface area contributed by atoms with Crippen LogP contribution in [-0.4, -0.2) is 18.4 Å². The van der Waals surface area contributed by atoms with Gasteiger partial charge in [-0.05, 0) is 67.1 Å². The van der Waals surface area contributed by atoms with Gasteiger partial charge in [-0.15, -0.1) is 0 Å². The number of carbonyl (C=O) groups is 2. The standard InChI is InChI=1S/C21H21ClN2O2/c1-13-18(22)6-3-7-19(13)24-12-16(11-20(24)25)21(26)23-17-9-8-14-4-2-5-15(14)10-17/h3,6-10,16H,2,4-5,11-12H2,1H3,(H,23,26)/t16-/m0/s1. The molecule has 26 heavy (non-hydrogen) atoms. The largest absolute Gasteiger partial charge is 0.326 e. The van der Waals surface area contributed by atoms with Gasteiger partial charge in [-0.3, -0.25) is 9.59 Å². The highest BCUT2D eigenvalue weighted by molar-refractivity contribution is 6.31. The number of carbonyl (C=O) groups excluding carboxylic acids is 2. The second-order valence-corrected chi connectivity index (χ2v) is 7.52. The van der Waals surface area contributed by atoms with E-state index in [2.05, 4.69) is 17.4 Å². The van der Waals surface area contributed by atoms with Crippen molar-refractivity contribution in [3.05, 3.63) is 58.1 Å². The van der Waals surface area contributed by atoms with Gasteiger partial charge in [0.05, 0.1) is 5.92 Å². The zero-order chi connectivity index (χ0) is 18.3. The summed E-state index contributed by atoms with van der Waals surface area (Å²) in [5.41, 5.74) is 5.17. The fraction of sp³-hybridized carbons (Fsp3) is 0.333. The van der Waals surface area contributed by atoms with E-state index in [9.17, 15) is 9.59 Å². The highest BCUT2D eigenvalue weighted by Crippen LogP contribution is 2.32. The molecular weight excluding hydrogens is 348 g/mol. The molecule has 1 fully saturated rings. The topological polar surface area (TPSA) is 49.4 Å². The first-order valence-corrected chi connectivity index (χ1v) is 9.39. The normalized spacial score (nSPS) is 18.9. The molecule has 0 unspecified atom stereocenters. The fourth-order valence-corrected chi connectivity index (χ4v) is 4.07. The molecular formula is C21H21ClN2O2. The molecule has 4 nitrogen and oxygen atoms in total. The van der Waals surface area contributed by atoms with Crippen molar-refractivity contribution in [1.82, 2.24) is 0 Å². The van der Waals surface area contributed by atoms with E-state index in [4.69, 9.17) is 11.6 Å². The minimum atomic E-state index is -0.353. The molecule has 1 heterocycles. The predicted octanol–water partition coefficient (Wildman–Crippen LogP) is 4.13. The Morgan fingerprint density at radius 3 is 2.85 bits per heavy atom. The number of nitrogens with zero attached hydrogens (tertiary/aromatic N) is 1. The van der Waals surface area contributed by atoms with E-state index in [1.165, 1.54) is 17.5 Å². The maximum Gasteiger partial charge on any atom is 0.229 e. The van der Waals surface area contributed by atoms with Crippen molar-refractivity contribution in [2.75, 3.05) is 16.8 Å². The van der Waals surface area contributed by atoms with Crippen LogP contribution in [0.15, 0.2) is 36.4 Å². The Hall–Kier alpha value is -2.33. The summed E-state index contributed by atoms with van der Waals surface area (Å²) in [6.07, 6.45) is 3.60. The lowest BCUT2D eigenvalue weighted by Crippen LogP contribution is -2.28. The molecule has 4 rings (SSSR count). The number of hydrogen-bond acceptors (Lipinski definition) is 2. The third kappa shape index (κ3) is 3.10. The molecule has 2 aromatic carbocycles. The minimum Gasteiger partial charge on any atom is -0.326 e. The van der Waals surface area contributed by atoms with E-state index in [-0.39, 0.29) is 24.2 Å². The van der Waals surface area contributed by atoms with Gasteiger partial charge in [0.1, 0.15) is 0 Å². The number of halogens is 1. The Kier molecular flexibility index (Phi) is 4.45. The predicted molar refractivity (Wildman–Crippen MR) is 104 cm³/mol. The van der Waals surface area contributed by atoms with Gasteiger partial charge >= 0.3 is 0 Å². The van der Waals surface area contributed by atoms with Gasteiger partial charge in [0.25, 0.3) is 0 Å². The molecule has 1 aliphatic heterocycles. The molecule has 5 heteroatoms. The van der Waals surface area contributed by atoms with Crippen LogP contribution in [0.1, 0.15) is 29.5 Å². The van der Waals surface area contributed by atoms with Crippen molar-refractivity contribution >= 4 is 34.8 Å². The maximum absolute atomic E-state index is 12.7. The van der Waals surface area contributed by atoms with Crippen LogP contribution in [0.2, 0.25) is 5.02 Å². The monoisotopic (exact) mass is 368 g/mol. The van der Waals surface area contributed by atoms with Gasteiger partial charge < -0.3 is 10.2 Å². The van der Waals surface area contributed by atoms with E-state index in [1.54, 1.807) is 11.0 Å². The molecule has 0 aromatic heterocycles. The van der Waals surface area contributed by atoms with Crippen LogP contribution < -0.4 is 10.2 Å². The number of rotatable bonds is 3. The Morgan fingerprint density at radius 2 is 2.00 bits per heavy atom. The first kappa shape index (κ1) is 17.1. The molecule has 1 saturated heterocycles. The van der Waals surface area contributed by atoms with Crippen LogP contribution in [-0.2, 0) is 22.4 Å². The number of benzene rings is 2. The summed E-state index contributed by atoms with van der Waals surface area (Å²) in [5.74, 6) is -0.489. The lowest BCUT2D eigenvalue weighted by Gasteiger charge is -2.19. The lowest BCUT2D eigenvalue weighted by molar-refractivity contribution is -0.122. The van der Waals surface area contributed by atoms with E-state index in [1.807, 2.05) is 25.1 Å². The van der Waals surface area contributed by atoms with Crippen molar-refractivity contribution in [2.45, 2.75) is 32.6 Å². The van der Waals surface area contributed by atoms with Crippen LogP contribution in [0.25, 0.3) is 0 Å². The van der Waals surface area contributed by atoms with Crippen molar-refractivity contribution in [3.8, 4) is 0 Å². The van der Waals surface area contributed by atoms with E-state index >= 15 is 0 Å². The molecule has 1 N–H and O–H groups in total. The summed E-state index contributed by atoms with van der Waals surface area (Å²) in [6.45, 7) is 2.28. The molecule has 0 bridgehead atoms. The number of hydrogen-bond donors (Lipinski definition) is 1. The smallest absolute Gasteiger partial charge is 0.229 e. The average molecular weight is 369 g/mol. The lowest BCUT2D eigenvalue weighted by atomic mass is 10.1. The number of aryl methyl sites for hydroxylation is 2. The second kappa shape index (κ2) is 6.76. The highest BCUT2D eigenvalue weighted by Gasteiger charge is 2.36. The molecule has 1 atom stereocenters. The van der Waals surface area contributed by atoms with Crippen LogP contribution in [0.5, 0.6) is 0 Å². The summed E-state index contributed by atoms with van der Waals surface area (Å²) in [4.78, 5) is 26.8. The maximum atomic E-state index is 12.7. The number of fused-ring (bicyclic) bond motifs is 1. The molecule has 134 valence electrons. The van der Waals surface area contributed by atoms with Gasteiger partial charge in [-0.25, -0.2) is 0 Å². The van der Waals surface area contributed by atoms with E-state index in [0.29, 0.717) is 11.6 Å². The summed E-state index contributed by atoms with van der Waals surface area (Å²) >= 11 is 6.18. The zero-order valence-electron chi connectivity index (χ0n) is 14.7. The number of nitrogens with one attached hydrogen (secondary N) is 1. The van der Waals surface area contributed by atoms with Crippen molar-refractivity contribution in [2.24, 2.45) is 5.92 Å². The second-order valence-electron chi connectivity index (χ2n) is 7.12. The first-order chi connectivity index (χ1) is 12.5. The SMILES string of the molecule is Cc1c(Cl)cccc1N1C[C@@H](C(=O)Nc2ccc3c(c2)CCC3)CC1=O. The summed E-state index contributed by atoms with van der Waals surface area (Å²) in [5, 5.41) is 3.61. The molecule has 2 aromatic rings. The van der Waals surface area contributed by atoms with E-state index in [0.717, 1.165) is 29.8 Å². The molecule has 2 amide bonds. The van der Waals surface area contributed by atoms with E-state index < -0.39 is 0 Å². The molecule has 2 aliphatic rings. The minimum absolute atomic E-state index is 0.0375. The Morgan fingerprint density at radius 1 is 1.19 bits per heavy atom. The Bertz CT molecular complexity index is 894. The van der Waals surface area contributed by atoms with Crippen LogP contribution in [0, 0.1) is 12.8 Å². The summed E-state index contributed by atoms with van der Waals surface area (Å²) in [7, 11) is 0. The first-order valence-electron chi connectivity index (χ1n) is 9.01.